The summed E-state index contributed by atoms with van der Waals surface area (Å²) in [5, 5.41) is 4.81. The number of nitrogens with two attached hydrogens (primary N) is 1. The maximum atomic E-state index is 13.4. The first-order valence-corrected chi connectivity index (χ1v) is 7.15. The van der Waals surface area contributed by atoms with Crippen LogP contribution in [0.5, 0.6) is 0 Å². The van der Waals surface area contributed by atoms with E-state index in [1.807, 2.05) is 18.8 Å². The van der Waals surface area contributed by atoms with Crippen molar-refractivity contribution in [2.24, 2.45) is 5.73 Å². The van der Waals surface area contributed by atoms with E-state index in [0.29, 0.717) is 17.1 Å². The van der Waals surface area contributed by atoms with E-state index in [1.165, 1.54) is 6.07 Å². The maximum Gasteiger partial charge on any atom is 0.126 e. The molecule has 1 heterocycles. The number of halogens is 2. The molecule has 2 rings (SSSR count). The monoisotopic (exact) mass is 310 g/mol. The third-order valence-electron chi connectivity index (χ3n) is 3.43. The van der Waals surface area contributed by atoms with Crippen LogP contribution in [0.3, 0.4) is 0 Å². The van der Waals surface area contributed by atoms with Crippen molar-refractivity contribution in [1.29, 1.82) is 0 Å². The summed E-state index contributed by atoms with van der Waals surface area (Å²) in [5.41, 5.74) is 8.45. The van der Waals surface area contributed by atoms with Crippen LogP contribution >= 0.6 is 11.6 Å². The quantitative estimate of drug-likeness (QED) is 0.923. The lowest BCUT2D eigenvalue weighted by Crippen LogP contribution is -2.23. The highest BCUT2D eigenvalue weighted by atomic mass is 35.5. The van der Waals surface area contributed by atoms with Crippen molar-refractivity contribution >= 4 is 11.6 Å². The Hall–Kier alpha value is -1.43. The van der Waals surface area contributed by atoms with Gasteiger partial charge in [0.15, 0.2) is 0 Å². The first-order chi connectivity index (χ1) is 9.90. The molecule has 0 aliphatic heterocycles. The average molecular weight is 311 g/mol. The first kappa shape index (κ1) is 15.9. The highest BCUT2D eigenvalue weighted by Gasteiger charge is 2.19. The van der Waals surface area contributed by atoms with Gasteiger partial charge >= 0.3 is 0 Å². The van der Waals surface area contributed by atoms with Crippen molar-refractivity contribution in [3.8, 4) is 0 Å². The number of hydrogen-bond acceptors (Lipinski definition) is 3. The van der Waals surface area contributed by atoms with Gasteiger partial charge in [0, 0.05) is 6.54 Å². The van der Waals surface area contributed by atoms with Gasteiger partial charge in [-0.2, -0.15) is 5.10 Å². The van der Waals surface area contributed by atoms with Crippen molar-refractivity contribution in [2.45, 2.75) is 19.5 Å². The summed E-state index contributed by atoms with van der Waals surface area (Å²) in [4.78, 5) is 2.06. The van der Waals surface area contributed by atoms with Crippen LogP contribution in [-0.4, -0.2) is 35.3 Å². The number of hydrogen-bond donors (Lipinski definition) is 1. The number of rotatable bonds is 5. The molecule has 0 saturated carbocycles. The van der Waals surface area contributed by atoms with E-state index >= 15 is 0 Å². The normalized spacial score (nSPS) is 12.9. The molecule has 4 nitrogen and oxygen atoms in total. The molecule has 6 heteroatoms. The minimum Gasteiger partial charge on any atom is -0.319 e. The van der Waals surface area contributed by atoms with Crippen molar-refractivity contribution in [1.82, 2.24) is 14.7 Å². The average Bonchev–Trinajstić information content (AvgIpc) is 2.80. The van der Waals surface area contributed by atoms with Gasteiger partial charge in [0.2, 0.25) is 0 Å². The molecule has 0 bridgehead atoms. The van der Waals surface area contributed by atoms with Crippen LogP contribution in [0.15, 0.2) is 24.4 Å². The standard InChI is InChI=1S/C15H20ClFN4/c1-10-8-11(4-5-13(10)17)14(18)15-12(16)9-19-21(15)7-6-20(2)3/h4-5,8-9,14H,6-7,18H2,1-3H3. The van der Waals surface area contributed by atoms with Gasteiger partial charge in [0.25, 0.3) is 0 Å². The van der Waals surface area contributed by atoms with E-state index in [-0.39, 0.29) is 5.82 Å². The molecule has 1 aromatic carbocycles. The Morgan fingerprint density at radius 3 is 2.76 bits per heavy atom. The van der Waals surface area contributed by atoms with Gasteiger partial charge in [0.05, 0.1) is 29.5 Å². The molecule has 0 fully saturated rings. The second-order valence-corrected chi connectivity index (χ2v) is 5.80. The summed E-state index contributed by atoms with van der Waals surface area (Å²) in [6.07, 6.45) is 1.60. The molecule has 2 aromatic rings. The van der Waals surface area contributed by atoms with E-state index in [9.17, 15) is 4.39 Å². The smallest absolute Gasteiger partial charge is 0.126 e. The Labute approximate surface area is 129 Å². The molecule has 0 spiro atoms. The van der Waals surface area contributed by atoms with Crippen molar-refractivity contribution in [3.63, 3.8) is 0 Å². The van der Waals surface area contributed by atoms with Crippen molar-refractivity contribution in [2.75, 3.05) is 20.6 Å². The summed E-state index contributed by atoms with van der Waals surface area (Å²) >= 11 is 6.23. The Balaban J connectivity index is 2.31. The Morgan fingerprint density at radius 2 is 2.14 bits per heavy atom. The van der Waals surface area contributed by atoms with Crippen LogP contribution in [0.25, 0.3) is 0 Å². The molecule has 1 atom stereocenters. The summed E-state index contributed by atoms with van der Waals surface area (Å²) in [6, 6.07) is 4.44. The third-order valence-corrected chi connectivity index (χ3v) is 3.72. The number of aromatic nitrogens is 2. The molecule has 114 valence electrons. The zero-order chi connectivity index (χ0) is 15.6. The van der Waals surface area contributed by atoms with Gasteiger partial charge < -0.3 is 10.6 Å². The predicted octanol–water partition coefficient (Wildman–Crippen LogP) is 2.59. The zero-order valence-corrected chi connectivity index (χ0v) is 13.2. The second-order valence-electron chi connectivity index (χ2n) is 5.39. The van der Waals surface area contributed by atoms with E-state index in [0.717, 1.165) is 17.8 Å². The molecule has 1 aromatic heterocycles. The molecule has 0 aliphatic rings. The SMILES string of the molecule is Cc1cc(C(N)c2c(Cl)cnn2CCN(C)C)ccc1F. The number of benzene rings is 1. The predicted molar refractivity (Wildman–Crippen MR) is 83.0 cm³/mol. The second kappa shape index (κ2) is 6.56. The van der Waals surface area contributed by atoms with Gasteiger partial charge in [-0.25, -0.2) is 4.39 Å². The van der Waals surface area contributed by atoms with Gasteiger partial charge in [-0.1, -0.05) is 23.7 Å². The first-order valence-electron chi connectivity index (χ1n) is 6.77. The summed E-state index contributed by atoms with van der Waals surface area (Å²) in [6.45, 7) is 3.25. The van der Waals surface area contributed by atoms with Crippen LogP contribution in [-0.2, 0) is 6.54 Å². The summed E-state index contributed by atoms with van der Waals surface area (Å²) in [7, 11) is 3.99. The number of nitrogens with zero attached hydrogens (tertiary/aromatic N) is 3. The fraction of sp³-hybridized carbons (Fsp3) is 0.400. The van der Waals surface area contributed by atoms with Crippen LogP contribution < -0.4 is 5.73 Å². The topological polar surface area (TPSA) is 47.1 Å². The van der Waals surface area contributed by atoms with Crippen molar-refractivity contribution < 1.29 is 4.39 Å². The van der Waals surface area contributed by atoms with Crippen LogP contribution in [0.1, 0.15) is 22.9 Å². The summed E-state index contributed by atoms with van der Waals surface area (Å²) < 4.78 is 15.2. The lowest BCUT2D eigenvalue weighted by molar-refractivity contribution is 0.368. The van der Waals surface area contributed by atoms with Crippen molar-refractivity contribution in [3.05, 3.63) is 52.1 Å². The molecule has 1 unspecified atom stereocenters. The zero-order valence-electron chi connectivity index (χ0n) is 12.5. The Morgan fingerprint density at radius 1 is 1.43 bits per heavy atom. The van der Waals surface area contributed by atoms with E-state index < -0.39 is 6.04 Å². The highest BCUT2D eigenvalue weighted by molar-refractivity contribution is 6.31. The van der Waals surface area contributed by atoms with Gasteiger partial charge in [0.1, 0.15) is 5.82 Å². The van der Waals surface area contributed by atoms with Gasteiger partial charge in [-0.05, 0) is 38.2 Å². The lowest BCUT2D eigenvalue weighted by Gasteiger charge is -2.17. The molecule has 0 aliphatic carbocycles. The molecular formula is C15H20ClFN4. The van der Waals surface area contributed by atoms with Crippen LogP contribution in [0.2, 0.25) is 5.02 Å². The third kappa shape index (κ3) is 3.61. The van der Waals surface area contributed by atoms with E-state index in [2.05, 4.69) is 10.00 Å². The minimum atomic E-state index is -0.429. The Kier molecular flexibility index (Phi) is 4.98. The van der Waals surface area contributed by atoms with Gasteiger partial charge in [-0.15, -0.1) is 0 Å². The number of likely N-dealkylation sites (N-methyl/N-ethyl adjacent to an activating group) is 1. The van der Waals surface area contributed by atoms with Crippen LogP contribution in [0.4, 0.5) is 4.39 Å². The molecule has 0 saturated heterocycles. The largest absolute Gasteiger partial charge is 0.319 e. The maximum absolute atomic E-state index is 13.4. The minimum absolute atomic E-state index is 0.238. The fourth-order valence-electron chi connectivity index (χ4n) is 2.17. The molecule has 2 N–H and O–H groups in total. The Bertz CT molecular complexity index is 624. The highest BCUT2D eigenvalue weighted by Crippen LogP contribution is 2.27. The fourth-order valence-corrected chi connectivity index (χ4v) is 2.43. The van der Waals surface area contributed by atoms with E-state index in [1.54, 1.807) is 25.3 Å². The molecule has 0 radical (unpaired) electrons. The number of aryl methyl sites for hydroxylation is 1. The molecule has 0 amide bonds. The van der Waals surface area contributed by atoms with Crippen LogP contribution in [0, 0.1) is 12.7 Å². The van der Waals surface area contributed by atoms with E-state index in [4.69, 9.17) is 17.3 Å². The molecular weight excluding hydrogens is 291 g/mol. The van der Waals surface area contributed by atoms with Gasteiger partial charge in [-0.3, -0.25) is 4.68 Å². The lowest BCUT2D eigenvalue weighted by atomic mass is 10.0. The molecule has 21 heavy (non-hydrogen) atoms. The summed E-state index contributed by atoms with van der Waals surface area (Å²) in [5.74, 6) is -0.238.